The summed E-state index contributed by atoms with van der Waals surface area (Å²) in [5, 5.41) is 8.28. The van der Waals surface area contributed by atoms with E-state index in [9.17, 15) is 0 Å². The molecule has 0 aromatic carbocycles. The van der Waals surface area contributed by atoms with E-state index in [0.717, 1.165) is 37.5 Å². The van der Waals surface area contributed by atoms with Crippen LogP contribution >= 0.6 is 0 Å². The zero-order valence-electron chi connectivity index (χ0n) is 12.5. The lowest BCUT2D eigenvalue weighted by atomic mass is 10.1. The van der Waals surface area contributed by atoms with Crippen LogP contribution in [0.4, 0.5) is 5.95 Å². The number of pyridine rings is 1. The van der Waals surface area contributed by atoms with Crippen molar-refractivity contribution in [3.05, 3.63) is 23.9 Å². The van der Waals surface area contributed by atoms with Gasteiger partial charge in [0.2, 0.25) is 5.95 Å². The van der Waals surface area contributed by atoms with Crippen molar-refractivity contribution in [2.75, 3.05) is 18.0 Å². The van der Waals surface area contributed by atoms with Crippen LogP contribution in [0.15, 0.2) is 18.3 Å². The van der Waals surface area contributed by atoms with Gasteiger partial charge in [0.15, 0.2) is 5.65 Å². The Labute approximate surface area is 120 Å². The second-order valence-electron chi connectivity index (χ2n) is 5.60. The summed E-state index contributed by atoms with van der Waals surface area (Å²) in [4.78, 5) is 7.12. The van der Waals surface area contributed by atoms with Crippen LogP contribution < -0.4 is 10.2 Å². The van der Waals surface area contributed by atoms with Gasteiger partial charge >= 0.3 is 0 Å². The Morgan fingerprint density at radius 2 is 2.20 bits per heavy atom. The molecule has 0 bridgehead atoms. The van der Waals surface area contributed by atoms with E-state index >= 15 is 0 Å². The van der Waals surface area contributed by atoms with E-state index in [4.69, 9.17) is 4.98 Å². The molecule has 1 fully saturated rings. The standard InChI is InChI=1S/C15H23N5/c1-4-12-10-19(13(5-2)9-16-12)15-17-14-11(3)7-6-8-20(14)18-15/h6-8,12-13,16H,4-5,9-10H2,1-3H3. The highest BCUT2D eigenvalue weighted by Gasteiger charge is 2.28. The van der Waals surface area contributed by atoms with Gasteiger partial charge in [0.25, 0.3) is 0 Å². The Hall–Kier alpha value is -1.62. The fraction of sp³-hybridized carbons (Fsp3) is 0.600. The molecule has 3 heterocycles. The Balaban J connectivity index is 1.96. The highest BCUT2D eigenvalue weighted by atomic mass is 15.4. The van der Waals surface area contributed by atoms with Crippen LogP contribution in [0.1, 0.15) is 32.3 Å². The van der Waals surface area contributed by atoms with E-state index in [0.29, 0.717) is 12.1 Å². The molecule has 1 aliphatic heterocycles. The quantitative estimate of drug-likeness (QED) is 0.929. The Morgan fingerprint density at radius 3 is 2.90 bits per heavy atom. The number of fused-ring (bicyclic) bond motifs is 1. The number of nitrogens with zero attached hydrogens (tertiary/aromatic N) is 4. The lowest BCUT2D eigenvalue weighted by Crippen LogP contribution is -2.56. The molecule has 2 atom stereocenters. The summed E-state index contributed by atoms with van der Waals surface area (Å²) in [6.45, 7) is 8.54. The minimum absolute atomic E-state index is 0.482. The number of hydrogen-bond donors (Lipinski definition) is 1. The van der Waals surface area contributed by atoms with E-state index in [-0.39, 0.29) is 0 Å². The van der Waals surface area contributed by atoms with Crippen LogP contribution in [0.5, 0.6) is 0 Å². The van der Waals surface area contributed by atoms with Gasteiger partial charge in [-0.1, -0.05) is 19.9 Å². The third kappa shape index (κ3) is 2.26. The molecule has 1 aliphatic rings. The Kier molecular flexibility index (Phi) is 3.61. The molecule has 0 radical (unpaired) electrons. The number of rotatable bonds is 3. The van der Waals surface area contributed by atoms with E-state index in [2.05, 4.69) is 42.2 Å². The highest BCUT2D eigenvalue weighted by Crippen LogP contribution is 2.20. The van der Waals surface area contributed by atoms with Gasteiger partial charge in [-0.2, -0.15) is 4.98 Å². The molecule has 2 unspecified atom stereocenters. The second kappa shape index (κ2) is 5.40. The maximum atomic E-state index is 4.75. The van der Waals surface area contributed by atoms with Gasteiger partial charge in [-0.15, -0.1) is 5.10 Å². The van der Waals surface area contributed by atoms with E-state index in [1.807, 2.05) is 16.8 Å². The van der Waals surface area contributed by atoms with Crippen molar-refractivity contribution < 1.29 is 0 Å². The molecule has 1 N–H and O–H groups in total. The summed E-state index contributed by atoms with van der Waals surface area (Å²) in [5.41, 5.74) is 2.13. The van der Waals surface area contributed by atoms with Crippen LogP contribution in [0, 0.1) is 6.92 Å². The molecule has 0 spiro atoms. The van der Waals surface area contributed by atoms with Crippen LogP contribution in [-0.2, 0) is 0 Å². The van der Waals surface area contributed by atoms with Gasteiger partial charge in [-0.25, -0.2) is 4.52 Å². The molecule has 0 saturated carbocycles. The van der Waals surface area contributed by atoms with Crippen molar-refractivity contribution in [3.63, 3.8) is 0 Å². The minimum Gasteiger partial charge on any atom is -0.334 e. The van der Waals surface area contributed by atoms with Crippen molar-refractivity contribution in [3.8, 4) is 0 Å². The van der Waals surface area contributed by atoms with Crippen molar-refractivity contribution in [2.24, 2.45) is 0 Å². The summed E-state index contributed by atoms with van der Waals surface area (Å²) >= 11 is 0. The molecule has 0 amide bonds. The van der Waals surface area contributed by atoms with E-state index in [1.165, 1.54) is 5.56 Å². The van der Waals surface area contributed by atoms with Gasteiger partial charge in [0, 0.05) is 31.4 Å². The molecular formula is C15H23N5. The molecular weight excluding hydrogens is 250 g/mol. The van der Waals surface area contributed by atoms with Crippen LogP contribution in [0.2, 0.25) is 0 Å². The van der Waals surface area contributed by atoms with E-state index in [1.54, 1.807) is 0 Å². The van der Waals surface area contributed by atoms with Gasteiger partial charge in [0.05, 0.1) is 0 Å². The summed E-state index contributed by atoms with van der Waals surface area (Å²) in [5.74, 6) is 0.867. The third-order valence-corrected chi connectivity index (χ3v) is 4.27. The summed E-state index contributed by atoms with van der Waals surface area (Å²) in [6.07, 6.45) is 4.22. The smallest absolute Gasteiger partial charge is 0.246 e. The average Bonchev–Trinajstić information content (AvgIpc) is 2.92. The fourth-order valence-corrected chi connectivity index (χ4v) is 2.90. The predicted octanol–water partition coefficient (Wildman–Crippen LogP) is 2.00. The van der Waals surface area contributed by atoms with Crippen LogP contribution in [-0.4, -0.2) is 39.8 Å². The maximum Gasteiger partial charge on any atom is 0.246 e. The SMILES string of the molecule is CCC1CN(c2nc3c(C)cccn3n2)C(CC)CN1. The summed E-state index contributed by atoms with van der Waals surface area (Å²) in [7, 11) is 0. The van der Waals surface area contributed by atoms with Crippen molar-refractivity contribution in [1.29, 1.82) is 0 Å². The largest absolute Gasteiger partial charge is 0.334 e. The molecule has 3 rings (SSSR count). The minimum atomic E-state index is 0.482. The van der Waals surface area contributed by atoms with Gasteiger partial charge in [-0.3, -0.25) is 0 Å². The maximum absolute atomic E-state index is 4.75. The lowest BCUT2D eigenvalue weighted by molar-refractivity contribution is 0.374. The highest BCUT2D eigenvalue weighted by molar-refractivity contribution is 5.51. The zero-order chi connectivity index (χ0) is 14.1. The third-order valence-electron chi connectivity index (χ3n) is 4.27. The first-order valence-corrected chi connectivity index (χ1v) is 7.55. The first kappa shape index (κ1) is 13.4. The number of aromatic nitrogens is 3. The first-order chi connectivity index (χ1) is 9.72. The monoisotopic (exact) mass is 273 g/mol. The average molecular weight is 273 g/mol. The van der Waals surface area contributed by atoms with E-state index < -0.39 is 0 Å². The van der Waals surface area contributed by atoms with Gasteiger partial charge < -0.3 is 10.2 Å². The number of nitrogens with one attached hydrogen (secondary N) is 1. The molecule has 2 aromatic heterocycles. The topological polar surface area (TPSA) is 45.5 Å². The number of piperazine rings is 1. The second-order valence-corrected chi connectivity index (χ2v) is 5.60. The summed E-state index contributed by atoms with van der Waals surface area (Å²) in [6, 6.07) is 5.11. The number of hydrogen-bond acceptors (Lipinski definition) is 4. The lowest BCUT2D eigenvalue weighted by Gasteiger charge is -2.39. The fourth-order valence-electron chi connectivity index (χ4n) is 2.90. The Morgan fingerprint density at radius 1 is 1.35 bits per heavy atom. The molecule has 5 nitrogen and oxygen atoms in total. The molecule has 20 heavy (non-hydrogen) atoms. The van der Waals surface area contributed by atoms with Crippen molar-refractivity contribution in [1.82, 2.24) is 19.9 Å². The number of anilines is 1. The summed E-state index contributed by atoms with van der Waals surface area (Å²) < 4.78 is 1.89. The molecule has 0 aliphatic carbocycles. The van der Waals surface area contributed by atoms with Crippen molar-refractivity contribution in [2.45, 2.75) is 45.7 Å². The Bertz CT molecular complexity index is 591. The molecule has 1 saturated heterocycles. The first-order valence-electron chi connectivity index (χ1n) is 7.55. The van der Waals surface area contributed by atoms with Crippen LogP contribution in [0.3, 0.4) is 0 Å². The van der Waals surface area contributed by atoms with Crippen molar-refractivity contribution >= 4 is 11.6 Å². The predicted molar refractivity (Wildman–Crippen MR) is 81.2 cm³/mol. The molecule has 5 heteroatoms. The molecule has 2 aromatic rings. The normalized spacial score (nSPS) is 23.4. The zero-order valence-corrected chi connectivity index (χ0v) is 12.5. The van der Waals surface area contributed by atoms with Gasteiger partial charge in [0.1, 0.15) is 0 Å². The molecule has 108 valence electrons. The number of aryl methyl sites for hydroxylation is 1. The van der Waals surface area contributed by atoms with Gasteiger partial charge in [-0.05, 0) is 31.4 Å². The van der Waals surface area contributed by atoms with Crippen LogP contribution in [0.25, 0.3) is 5.65 Å².